The second kappa shape index (κ2) is 12.4. The Morgan fingerprint density at radius 1 is 0.930 bits per heavy atom. The maximum Gasteiger partial charge on any atom is 0.338 e. The molecule has 0 amide bonds. The van der Waals surface area contributed by atoms with Crippen LogP contribution in [0.25, 0.3) is 11.8 Å². The van der Waals surface area contributed by atoms with Gasteiger partial charge in [-0.3, -0.25) is 9.36 Å². The maximum atomic E-state index is 14.1. The predicted molar refractivity (Wildman–Crippen MR) is 165 cm³/mol. The number of fused-ring (bicyclic) bond motifs is 1. The van der Waals surface area contributed by atoms with Gasteiger partial charge in [0, 0.05) is 11.1 Å². The summed E-state index contributed by atoms with van der Waals surface area (Å²) in [7, 11) is 0. The molecule has 214 valence electrons. The van der Waals surface area contributed by atoms with Gasteiger partial charge in [0.2, 0.25) is 0 Å². The van der Waals surface area contributed by atoms with Crippen molar-refractivity contribution in [1.29, 1.82) is 0 Å². The molecule has 0 N–H and O–H groups in total. The highest BCUT2D eigenvalue weighted by atomic mass is 32.1. The zero-order chi connectivity index (χ0) is 29.8. The number of rotatable bonds is 8. The molecule has 1 unspecified atom stereocenters. The molecular formula is C35H27FN2O4S. The van der Waals surface area contributed by atoms with Crippen molar-refractivity contribution in [2.24, 2.45) is 4.99 Å². The summed E-state index contributed by atoms with van der Waals surface area (Å²) in [4.78, 5) is 32.9. The standard InChI is InChI=1S/C35H27FN2O4S/c1-2-41-34(40)30-31(24-13-7-4-8-14-24)37-35-38(32(30)25-17-19-27(36)20-18-25)33(39)29(43-35)21-26-15-9-10-16-28(26)42-22-23-11-5-3-6-12-23/h3-21,32H,2,22H2,1H3. The number of carbonyl (C=O) groups excluding carboxylic acids is 1. The average molecular weight is 591 g/mol. The molecule has 5 aromatic rings. The van der Waals surface area contributed by atoms with Gasteiger partial charge in [0.15, 0.2) is 4.80 Å². The summed E-state index contributed by atoms with van der Waals surface area (Å²) >= 11 is 1.22. The van der Waals surface area contributed by atoms with Crippen molar-refractivity contribution in [3.8, 4) is 5.75 Å². The highest BCUT2D eigenvalue weighted by Gasteiger charge is 2.35. The predicted octanol–water partition coefficient (Wildman–Crippen LogP) is 5.65. The molecule has 6 rings (SSSR count). The molecule has 1 aliphatic rings. The van der Waals surface area contributed by atoms with Crippen LogP contribution in [0.3, 0.4) is 0 Å². The Balaban J connectivity index is 1.53. The first-order valence-corrected chi connectivity index (χ1v) is 14.6. The van der Waals surface area contributed by atoms with E-state index in [-0.39, 0.29) is 17.7 Å². The van der Waals surface area contributed by atoms with Gasteiger partial charge in [-0.1, -0.05) is 102 Å². The van der Waals surface area contributed by atoms with Crippen LogP contribution in [0.2, 0.25) is 0 Å². The van der Waals surface area contributed by atoms with Crippen LogP contribution in [-0.4, -0.2) is 17.1 Å². The second-order valence-corrected chi connectivity index (χ2v) is 10.8. The first-order valence-electron chi connectivity index (χ1n) is 13.8. The molecule has 0 aliphatic carbocycles. The first kappa shape index (κ1) is 28.1. The SMILES string of the molecule is CCOC(=O)C1=C(c2ccccc2)N=c2sc(=Cc3ccccc3OCc3ccccc3)c(=O)n2C1c1ccc(F)cc1. The molecular weight excluding hydrogens is 563 g/mol. The Morgan fingerprint density at radius 3 is 2.33 bits per heavy atom. The third kappa shape index (κ3) is 5.82. The van der Waals surface area contributed by atoms with E-state index in [9.17, 15) is 14.0 Å². The Kier molecular flexibility index (Phi) is 8.11. The second-order valence-electron chi connectivity index (χ2n) is 9.80. The fourth-order valence-electron chi connectivity index (χ4n) is 5.01. The van der Waals surface area contributed by atoms with Gasteiger partial charge in [-0.15, -0.1) is 0 Å². The van der Waals surface area contributed by atoms with E-state index >= 15 is 0 Å². The van der Waals surface area contributed by atoms with Crippen LogP contribution in [-0.2, 0) is 16.1 Å². The van der Waals surface area contributed by atoms with Crippen molar-refractivity contribution in [2.45, 2.75) is 19.6 Å². The van der Waals surface area contributed by atoms with E-state index < -0.39 is 17.8 Å². The van der Waals surface area contributed by atoms with Crippen LogP contribution >= 0.6 is 11.3 Å². The number of ether oxygens (including phenoxy) is 2. The number of hydrogen-bond donors (Lipinski definition) is 0. The molecule has 2 heterocycles. The Labute approximate surface area is 251 Å². The van der Waals surface area contributed by atoms with Crippen molar-refractivity contribution < 1.29 is 18.7 Å². The minimum Gasteiger partial charge on any atom is -0.488 e. The van der Waals surface area contributed by atoms with Gasteiger partial charge < -0.3 is 9.47 Å². The number of thiazole rings is 1. The number of para-hydroxylation sites is 1. The van der Waals surface area contributed by atoms with Crippen LogP contribution < -0.4 is 19.6 Å². The summed E-state index contributed by atoms with van der Waals surface area (Å²) in [5, 5.41) is 0. The molecule has 43 heavy (non-hydrogen) atoms. The highest BCUT2D eigenvalue weighted by molar-refractivity contribution is 7.07. The van der Waals surface area contributed by atoms with Crippen molar-refractivity contribution >= 4 is 29.1 Å². The molecule has 0 saturated heterocycles. The lowest BCUT2D eigenvalue weighted by molar-refractivity contribution is -0.138. The van der Waals surface area contributed by atoms with Crippen molar-refractivity contribution in [1.82, 2.24) is 4.57 Å². The summed E-state index contributed by atoms with van der Waals surface area (Å²) in [5.74, 6) is -0.383. The van der Waals surface area contributed by atoms with Crippen LogP contribution in [0.5, 0.6) is 5.75 Å². The average Bonchev–Trinajstić information content (AvgIpc) is 3.35. The Morgan fingerprint density at radius 2 is 1.60 bits per heavy atom. The summed E-state index contributed by atoms with van der Waals surface area (Å²) in [6.07, 6.45) is 1.78. The molecule has 1 atom stereocenters. The largest absolute Gasteiger partial charge is 0.488 e. The molecule has 0 radical (unpaired) electrons. The molecule has 0 bridgehead atoms. The lowest BCUT2D eigenvalue weighted by Gasteiger charge is -2.25. The van der Waals surface area contributed by atoms with Crippen molar-refractivity contribution in [2.75, 3.05) is 6.61 Å². The number of aromatic nitrogens is 1. The van der Waals surface area contributed by atoms with Gasteiger partial charge in [-0.2, -0.15) is 0 Å². The maximum absolute atomic E-state index is 14.1. The van der Waals surface area contributed by atoms with Crippen LogP contribution in [0.15, 0.2) is 125 Å². The lowest BCUT2D eigenvalue weighted by atomic mass is 9.93. The van der Waals surface area contributed by atoms with Gasteiger partial charge in [0.05, 0.1) is 28.5 Å². The number of carbonyl (C=O) groups is 1. The number of nitrogens with zero attached hydrogens (tertiary/aromatic N) is 2. The fourth-order valence-corrected chi connectivity index (χ4v) is 6.00. The van der Waals surface area contributed by atoms with Crippen LogP contribution in [0.4, 0.5) is 4.39 Å². The van der Waals surface area contributed by atoms with E-state index in [2.05, 4.69) is 0 Å². The van der Waals surface area contributed by atoms with Gasteiger partial charge in [-0.05, 0) is 42.3 Å². The Bertz CT molecular complexity index is 1980. The molecule has 6 nitrogen and oxygen atoms in total. The van der Waals surface area contributed by atoms with Crippen LogP contribution in [0, 0.1) is 5.82 Å². The molecule has 4 aromatic carbocycles. The number of esters is 1. The summed E-state index contributed by atoms with van der Waals surface area (Å²) in [6, 6.07) is 31.6. The zero-order valence-electron chi connectivity index (χ0n) is 23.3. The first-order chi connectivity index (χ1) is 21.0. The monoisotopic (exact) mass is 590 g/mol. The quantitative estimate of drug-likeness (QED) is 0.219. The van der Waals surface area contributed by atoms with E-state index in [4.69, 9.17) is 14.5 Å². The van der Waals surface area contributed by atoms with Gasteiger partial charge in [0.25, 0.3) is 5.56 Å². The molecule has 0 fully saturated rings. The smallest absolute Gasteiger partial charge is 0.338 e. The van der Waals surface area contributed by atoms with E-state index in [1.165, 1.54) is 28.0 Å². The third-order valence-electron chi connectivity index (χ3n) is 7.00. The summed E-state index contributed by atoms with van der Waals surface area (Å²) in [5.41, 5.74) is 3.32. The number of halogens is 1. The lowest BCUT2D eigenvalue weighted by Crippen LogP contribution is -2.40. The fraction of sp³-hybridized carbons (Fsp3) is 0.114. The van der Waals surface area contributed by atoms with Crippen molar-refractivity contribution in [3.63, 3.8) is 0 Å². The molecule has 0 saturated carbocycles. The van der Waals surface area contributed by atoms with Gasteiger partial charge in [0.1, 0.15) is 18.2 Å². The molecule has 0 spiro atoms. The molecule has 1 aromatic heterocycles. The van der Waals surface area contributed by atoms with E-state index in [1.807, 2.05) is 84.9 Å². The highest BCUT2D eigenvalue weighted by Crippen LogP contribution is 2.35. The summed E-state index contributed by atoms with van der Waals surface area (Å²) < 4.78 is 27.5. The number of benzene rings is 4. The normalized spacial score (nSPS) is 14.7. The van der Waals surface area contributed by atoms with Crippen molar-refractivity contribution in [3.05, 3.63) is 163 Å². The topological polar surface area (TPSA) is 69.9 Å². The van der Waals surface area contributed by atoms with Crippen LogP contribution in [0.1, 0.15) is 35.2 Å². The van der Waals surface area contributed by atoms with E-state index in [0.717, 1.165) is 11.1 Å². The van der Waals surface area contributed by atoms with Gasteiger partial charge >= 0.3 is 5.97 Å². The van der Waals surface area contributed by atoms with E-state index in [0.29, 0.717) is 38.5 Å². The number of hydrogen-bond acceptors (Lipinski definition) is 6. The molecule has 8 heteroatoms. The Hall–Kier alpha value is -5.08. The molecule has 1 aliphatic heterocycles. The zero-order valence-corrected chi connectivity index (χ0v) is 24.1. The third-order valence-corrected chi connectivity index (χ3v) is 7.99. The minimum absolute atomic E-state index is 0.144. The van der Waals surface area contributed by atoms with E-state index in [1.54, 1.807) is 25.1 Å². The minimum atomic E-state index is -0.877. The van der Waals surface area contributed by atoms with Gasteiger partial charge in [-0.25, -0.2) is 14.2 Å². The summed E-state index contributed by atoms with van der Waals surface area (Å²) in [6.45, 7) is 2.24.